The van der Waals surface area contributed by atoms with Crippen molar-refractivity contribution in [2.24, 2.45) is 0 Å². The van der Waals surface area contributed by atoms with Crippen molar-refractivity contribution in [3.8, 4) is 11.5 Å². The van der Waals surface area contributed by atoms with Gasteiger partial charge in [-0.1, -0.05) is 0 Å². The molecule has 0 aliphatic heterocycles. The largest absolute Gasteiger partial charge is 0.493 e. The molecule has 0 spiro atoms. The molecule has 0 saturated carbocycles. The highest BCUT2D eigenvalue weighted by molar-refractivity contribution is 7.92. The number of anilines is 1. The fourth-order valence-corrected chi connectivity index (χ4v) is 5.10. The molecule has 0 fully saturated rings. The summed E-state index contributed by atoms with van der Waals surface area (Å²) in [7, 11) is 0.614. The van der Waals surface area contributed by atoms with Gasteiger partial charge in [-0.25, -0.2) is 8.42 Å². The quantitative estimate of drug-likeness (QED) is 0.593. The van der Waals surface area contributed by atoms with Gasteiger partial charge < -0.3 is 14.8 Å². The highest BCUT2D eigenvalue weighted by atomic mass is 32.2. The molecule has 3 rings (SSSR count). The molecule has 0 saturated heterocycles. The van der Waals surface area contributed by atoms with Crippen LogP contribution in [-0.4, -0.2) is 41.6 Å². The van der Waals surface area contributed by atoms with Crippen molar-refractivity contribution in [3.63, 3.8) is 0 Å². The number of amides is 1. The number of fused-ring (bicyclic) bond motifs is 1. The van der Waals surface area contributed by atoms with Crippen molar-refractivity contribution >= 4 is 43.0 Å². The Labute approximate surface area is 180 Å². The molecule has 0 aliphatic carbocycles. The summed E-state index contributed by atoms with van der Waals surface area (Å²) in [5.74, 6) is 0.645. The summed E-state index contributed by atoms with van der Waals surface area (Å²) < 4.78 is 38.8. The minimum Gasteiger partial charge on any atom is -0.493 e. The van der Waals surface area contributed by atoms with Crippen LogP contribution in [0.4, 0.5) is 5.69 Å². The standard InChI is InChI=1S/C21H24N2O5S2/c1-13(2)22-21(24)20-11-14-10-15(6-9-19(14)29-20)23(3)30(25,26)16-7-8-17(27-4)18(12-16)28-5/h6-13H,1-5H3,(H,22,24). The Morgan fingerprint density at radius 1 is 1.03 bits per heavy atom. The van der Waals surface area contributed by atoms with E-state index in [4.69, 9.17) is 9.47 Å². The Balaban J connectivity index is 1.95. The normalized spacial score (nSPS) is 11.5. The maximum atomic E-state index is 13.1. The van der Waals surface area contributed by atoms with Crippen LogP contribution in [0, 0.1) is 0 Å². The summed E-state index contributed by atoms with van der Waals surface area (Å²) in [6.07, 6.45) is 0. The van der Waals surface area contributed by atoms with E-state index in [1.807, 2.05) is 19.9 Å². The molecule has 0 atom stereocenters. The predicted molar refractivity (Wildman–Crippen MR) is 120 cm³/mol. The van der Waals surface area contributed by atoms with Gasteiger partial charge in [0.05, 0.1) is 29.7 Å². The fraction of sp³-hybridized carbons (Fsp3) is 0.286. The summed E-state index contributed by atoms with van der Waals surface area (Å²) in [5, 5.41) is 3.67. The number of rotatable bonds is 7. The van der Waals surface area contributed by atoms with Crippen molar-refractivity contribution < 1.29 is 22.7 Å². The molecular weight excluding hydrogens is 424 g/mol. The van der Waals surface area contributed by atoms with Gasteiger partial charge in [0.15, 0.2) is 11.5 Å². The number of hydrogen-bond acceptors (Lipinski definition) is 6. The van der Waals surface area contributed by atoms with E-state index in [1.54, 1.807) is 24.3 Å². The second kappa shape index (κ2) is 8.53. The molecule has 0 aliphatic rings. The molecule has 9 heteroatoms. The van der Waals surface area contributed by atoms with Gasteiger partial charge in [-0.15, -0.1) is 11.3 Å². The van der Waals surface area contributed by atoms with Crippen LogP contribution >= 0.6 is 11.3 Å². The summed E-state index contributed by atoms with van der Waals surface area (Å²) >= 11 is 1.37. The van der Waals surface area contributed by atoms with Gasteiger partial charge in [-0.2, -0.15) is 0 Å². The maximum Gasteiger partial charge on any atom is 0.264 e. The third-order valence-corrected chi connectivity index (χ3v) is 7.42. The van der Waals surface area contributed by atoms with E-state index in [0.29, 0.717) is 22.1 Å². The highest BCUT2D eigenvalue weighted by Gasteiger charge is 2.23. The monoisotopic (exact) mass is 448 g/mol. The number of ether oxygens (including phenoxy) is 2. The lowest BCUT2D eigenvalue weighted by Gasteiger charge is -2.20. The van der Waals surface area contributed by atoms with Crippen molar-refractivity contribution in [3.05, 3.63) is 47.3 Å². The van der Waals surface area contributed by atoms with Crippen LogP contribution in [-0.2, 0) is 10.0 Å². The molecule has 0 unspecified atom stereocenters. The molecule has 30 heavy (non-hydrogen) atoms. The molecule has 3 aromatic rings. The Hall–Kier alpha value is -2.78. The molecular formula is C21H24N2O5S2. The number of carbonyl (C=O) groups is 1. The van der Waals surface area contributed by atoms with Gasteiger partial charge in [-0.3, -0.25) is 9.10 Å². The van der Waals surface area contributed by atoms with Crippen LogP contribution in [0.2, 0.25) is 0 Å². The van der Waals surface area contributed by atoms with Crippen molar-refractivity contribution in [1.82, 2.24) is 5.32 Å². The Kier molecular flexibility index (Phi) is 6.23. The highest BCUT2D eigenvalue weighted by Crippen LogP contribution is 2.34. The van der Waals surface area contributed by atoms with E-state index in [9.17, 15) is 13.2 Å². The van der Waals surface area contributed by atoms with Crippen LogP contribution in [0.5, 0.6) is 11.5 Å². The Bertz CT molecular complexity index is 1190. The summed E-state index contributed by atoms with van der Waals surface area (Å²) in [6, 6.07) is 11.6. The van der Waals surface area contributed by atoms with Crippen LogP contribution in [0.1, 0.15) is 23.5 Å². The summed E-state index contributed by atoms with van der Waals surface area (Å²) in [5.41, 5.74) is 0.492. The lowest BCUT2D eigenvalue weighted by Crippen LogP contribution is -2.29. The number of carbonyl (C=O) groups excluding carboxylic acids is 1. The van der Waals surface area contributed by atoms with Crippen molar-refractivity contribution in [1.29, 1.82) is 0 Å². The molecule has 160 valence electrons. The number of benzene rings is 2. The van der Waals surface area contributed by atoms with Gasteiger partial charge in [0, 0.05) is 23.9 Å². The third kappa shape index (κ3) is 4.22. The topological polar surface area (TPSA) is 84.9 Å². The van der Waals surface area contributed by atoms with Crippen LogP contribution in [0.15, 0.2) is 47.4 Å². The number of nitrogens with zero attached hydrogens (tertiary/aromatic N) is 1. The van der Waals surface area contributed by atoms with E-state index in [2.05, 4.69) is 5.32 Å². The molecule has 1 N–H and O–H groups in total. The second-order valence-corrected chi connectivity index (χ2v) is 10.0. The average molecular weight is 449 g/mol. The molecule has 0 bridgehead atoms. The Morgan fingerprint density at radius 3 is 2.37 bits per heavy atom. The summed E-state index contributed by atoms with van der Waals surface area (Å²) in [6.45, 7) is 3.80. The third-order valence-electron chi connectivity index (χ3n) is 4.52. The first-order chi connectivity index (χ1) is 14.2. The van der Waals surface area contributed by atoms with Gasteiger partial charge in [0.1, 0.15) is 0 Å². The van der Waals surface area contributed by atoms with Gasteiger partial charge in [0.25, 0.3) is 15.9 Å². The van der Waals surface area contributed by atoms with Gasteiger partial charge >= 0.3 is 0 Å². The van der Waals surface area contributed by atoms with Crippen LogP contribution in [0.25, 0.3) is 10.1 Å². The van der Waals surface area contributed by atoms with Crippen LogP contribution in [0.3, 0.4) is 0 Å². The smallest absolute Gasteiger partial charge is 0.264 e. The molecule has 2 aromatic carbocycles. The molecule has 1 heterocycles. The SMILES string of the molecule is COc1ccc(S(=O)(=O)N(C)c2ccc3sc(C(=O)NC(C)C)cc3c2)cc1OC. The van der Waals surface area contributed by atoms with E-state index < -0.39 is 10.0 Å². The van der Waals surface area contributed by atoms with Gasteiger partial charge in [-0.05, 0) is 55.6 Å². The lowest BCUT2D eigenvalue weighted by molar-refractivity contribution is 0.0947. The van der Waals surface area contributed by atoms with E-state index in [1.165, 1.54) is 49.0 Å². The fourth-order valence-electron chi connectivity index (χ4n) is 2.95. The van der Waals surface area contributed by atoms with Crippen LogP contribution < -0.4 is 19.1 Å². The van der Waals surface area contributed by atoms with E-state index in [0.717, 1.165) is 10.1 Å². The molecule has 7 nitrogen and oxygen atoms in total. The zero-order valence-electron chi connectivity index (χ0n) is 17.4. The molecule has 0 radical (unpaired) electrons. The second-order valence-electron chi connectivity index (χ2n) is 6.95. The zero-order chi connectivity index (χ0) is 22.1. The first kappa shape index (κ1) is 21.9. The van der Waals surface area contributed by atoms with Gasteiger partial charge in [0.2, 0.25) is 0 Å². The van der Waals surface area contributed by atoms with Crippen molar-refractivity contribution in [2.45, 2.75) is 24.8 Å². The lowest BCUT2D eigenvalue weighted by atomic mass is 10.2. The number of hydrogen-bond donors (Lipinski definition) is 1. The number of thiophene rings is 1. The molecule has 1 amide bonds. The molecule has 1 aromatic heterocycles. The minimum absolute atomic E-state index is 0.0380. The zero-order valence-corrected chi connectivity index (χ0v) is 19.1. The Morgan fingerprint density at radius 2 is 1.73 bits per heavy atom. The maximum absolute atomic E-state index is 13.1. The first-order valence-electron chi connectivity index (χ1n) is 9.22. The average Bonchev–Trinajstić information content (AvgIpc) is 3.15. The number of sulfonamides is 1. The minimum atomic E-state index is -3.82. The van der Waals surface area contributed by atoms with Crippen molar-refractivity contribution in [2.75, 3.05) is 25.6 Å². The number of methoxy groups -OCH3 is 2. The summed E-state index contributed by atoms with van der Waals surface area (Å²) in [4.78, 5) is 12.9. The predicted octanol–water partition coefficient (Wildman–Crippen LogP) is 3.88. The number of nitrogens with one attached hydrogen (secondary N) is 1. The first-order valence-corrected chi connectivity index (χ1v) is 11.5. The van der Waals surface area contributed by atoms with E-state index in [-0.39, 0.29) is 16.8 Å². The van der Waals surface area contributed by atoms with E-state index >= 15 is 0 Å².